The normalized spacial score (nSPS) is 19.4. The van der Waals surface area contributed by atoms with Crippen LogP contribution < -0.4 is 0 Å². The van der Waals surface area contributed by atoms with Crippen molar-refractivity contribution >= 4 is 0 Å². The average Bonchev–Trinajstić information content (AvgIpc) is 3.10. The summed E-state index contributed by atoms with van der Waals surface area (Å²) in [5.41, 5.74) is 0. The van der Waals surface area contributed by atoms with Crippen molar-refractivity contribution in [2.75, 3.05) is 26.4 Å². The van der Waals surface area contributed by atoms with Gasteiger partial charge in [-0.2, -0.15) is 0 Å². The Morgan fingerprint density at radius 2 is 1.48 bits per heavy atom. The Bertz CT molecular complexity index is 285. The van der Waals surface area contributed by atoms with Crippen LogP contribution in [0.3, 0.4) is 0 Å². The first kappa shape index (κ1) is 22.9. The van der Waals surface area contributed by atoms with E-state index in [2.05, 4.69) is 6.92 Å². The molecule has 2 atom stereocenters. The van der Waals surface area contributed by atoms with Gasteiger partial charge in [-0.1, -0.05) is 45.4 Å². The maximum absolute atomic E-state index is 6.08. The highest BCUT2D eigenvalue weighted by Crippen LogP contribution is 2.36. The SMILES string of the molecule is CCCCCCCCC(CC1CCCO1)C(OCC)(OCC)OCC. The minimum Gasteiger partial charge on any atom is -0.378 e. The van der Waals surface area contributed by atoms with Crippen LogP contribution in [0.5, 0.6) is 0 Å². The van der Waals surface area contributed by atoms with Crippen LogP contribution in [0.2, 0.25) is 0 Å². The van der Waals surface area contributed by atoms with Gasteiger partial charge in [-0.15, -0.1) is 0 Å². The van der Waals surface area contributed by atoms with Gasteiger partial charge in [-0.3, -0.25) is 0 Å². The van der Waals surface area contributed by atoms with E-state index in [0.717, 1.165) is 25.9 Å². The van der Waals surface area contributed by atoms with E-state index in [1.807, 2.05) is 20.8 Å². The molecule has 0 N–H and O–H groups in total. The maximum Gasteiger partial charge on any atom is 0.285 e. The first-order valence-corrected chi connectivity index (χ1v) is 10.8. The van der Waals surface area contributed by atoms with Gasteiger partial charge in [0.05, 0.1) is 6.10 Å². The number of rotatable bonds is 16. The van der Waals surface area contributed by atoms with Gasteiger partial charge in [0.1, 0.15) is 0 Å². The van der Waals surface area contributed by atoms with Crippen molar-refractivity contribution in [3.63, 3.8) is 0 Å². The van der Waals surface area contributed by atoms with Gasteiger partial charge in [0.15, 0.2) is 0 Å². The van der Waals surface area contributed by atoms with Crippen molar-refractivity contribution in [1.29, 1.82) is 0 Å². The topological polar surface area (TPSA) is 36.9 Å². The minimum absolute atomic E-state index is 0.224. The summed E-state index contributed by atoms with van der Waals surface area (Å²) in [5, 5.41) is 0. The van der Waals surface area contributed by atoms with Crippen molar-refractivity contribution in [2.45, 2.75) is 104 Å². The van der Waals surface area contributed by atoms with Crippen LogP contribution in [0, 0.1) is 5.92 Å². The predicted molar refractivity (Wildman–Crippen MR) is 103 cm³/mol. The highest BCUT2D eigenvalue weighted by atomic mass is 16.9. The third-order valence-corrected chi connectivity index (χ3v) is 5.01. The van der Waals surface area contributed by atoms with E-state index in [-0.39, 0.29) is 5.92 Å². The summed E-state index contributed by atoms with van der Waals surface area (Å²) < 4.78 is 24.1. The quantitative estimate of drug-likeness (QED) is 0.262. The van der Waals surface area contributed by atoms with Gasteiger partial charge in [0.25, 0.3) is 5.97 Å². The highest BCUT2D eigenvalue weighted by molar-refractivity contribution is 4.78. The molecule has 1 aliphatic heterocycles. The van der Waals surface area contributed by atoms with Gasteiger partial charge in [0, 0.05) is 32.3 Å². The first-order chi connectivity index (χ1) is 12.2. The van der Waals surface area contributed by atoms with Crippen LogP contribution in [0.4, 0.5) is 0 Å². The summed E-state index contributed by atoms with van der Waals surface area (Å²) >= 11 is 0. The molecule has 4 heteroatoms. The molecule has 4 nitrogen and oxygen atoms in total. The molecule has 0 spiro atoms. The van der Waals surface area contributed by atoms with Crippen LogP contribution in [0.1, 0.15) is 91.9 Å². The Balaban J connectivity index is 2.69. The summed E-state index contributed by atoms with van der Waals surface area (Å²) in [4.78, 5) is 0. The Morgan fingerprint density at radius 1 is 0.880 bits per heavy atom. The summed E-state index contributed by atoms with van der Waals surface area (Å²) in [5.74, 6) is -0.685. The van der Waals surface area contributed by atoms with Gasteiger partial charge in [-0.25, -0.2) is 0 Å². The molecule has 2 unspecified atom stereocenters. The van der Waals surface area contributed by atoms with Crippen molar-refractivity contribution in [1.82, 2.24) is 0 Å². The molecule has 0 bridgehead atoms. The lowest BCUT2D eigenvalue weighted by atomic mass is 9.91. The molecule has 0 aliphatic carbocycles. The van der Waals surface area contributed by atoms with Gasteiger partial charge in [-0.05, 0) is 46.5 Å². The summed E-state index contributed by atoms with van der Waals surface area (Å²) in [7, 11) is 0. The third-order valence-electron chi connectivity index (χ3n) is 5.01. The van der Waals surface area contributed by atoms with E-state index >= 15 is 0 Å². The Kier molecular flexibility index (Phi) is 12.8. The van der Waals surface area contributed by atoms with Crippen LogP contribution in [-0.4, -0.2) is 38.5 Å². The second kappa shape index (κ2) is 14.0. The van der Waals surface area contributed by atoms with Crippen LogP contribution in [-0.2, 0) is 18.9 Å². The van der Waals surface area contributed by atoms with Crippen molar-refractivity contribution in [3.8, 4) is 0 Å². The van der Waals surface area contributed by atoms with E-state index in [4.69, 9.17) is 18.9 Å². The Hall–Kier alpha value is -0.160. The summed E-state index contributed by atoms with van der Waals surface area (Å²) in [6.45, 7) is 11.0. The van der Waals surface area contributed by atoms with Crippen molar-refractivity contribution in [3.05, 3.63) is 0 Å². The van der Waals surface area contributed by atoms with E-state index in [9.17, 15) is 0 Å². The molecule has 0 saturated carbocycles. The second-order valence-electron chi connectivity index (χ2n) is 7.03. The second-order valence-corrected chi connectivity index (χ2v) is 7.03. The molecule has 1 rings (SSSR count). The van der Waals surface area contributed by atoms with Crippen LogP contribution >= 0.6 is 0 Å². The Labute approximate surface area is 155 Å². The monoisotopic (exact) mass is 358 g/mol. The zero-order valence-electron chi connectivity index (χ0n) is 17.2. The van der Waals surface area contributed by atoms with Gasteiger partial charge < -0.3 is 18.9 Å². The molecule has 25 heavy (non-hydrogen) atoms. The number of ether oxygens (including phenoxy) is 4. The molecule has 1 heterocycles. The molecule has 0 aromatic rings. The molecule has 1 fully saturated rings. The lowest BCUT2D eigenvalue weighted by Crippen LogP contribution is -2.47. The fraction of sp³-hybridized carbons (Fsp3) is 1.00. The molecule has 1 saturated heterocycles. The molecule has 150 valence electrons. The number of hydrogen-bond donors (Lipinski definition) is 0. The zero-order chi connectivity index (χ0) is 18.4. The molecule has 0 aromatic carbocycles. The zero-order valence-corrected chi connectivity index (χ0v) is 17.2. The fourth-order valence-corrected chi connectivity index (χ4v) is 3.84. The lowest BCUT2D eigenvalue weighted by Gasteiger charge is -2.40. The first-order valence-electron chi connectivity index (χ1n) is 10.8. The third kappa shape index (κ3) is 8.38. The maximum atomic E-state index is 6.08. The predicted octanol–water partition coefficient (Wildman–Crippen LogP) is 5.69. The van der Waals surface area contributed by atoms with E-state index < -0.39 is 5.97 Å². The largest absolute Gasteiger partial charge is 0.378 e. The molecule has 0 aromatic heterocycles. The van der Waals surface area contributed by atoms with Crippen LogP contribution in [0.25, 0.3) is 0 Å². The molecule has 1 aliphatic rings. The molecule has 0 radical (unpaired) electrons. The van der Waals surface area contributed by atoms with E-state index in [0.29, 0.717) is 25.9 Å². The van der Waals surface area contributed by atoms with Gasteiger partial charge in [0.2, 0.25) is 0 Å². The lowest BCUT2D eigenvalue weighted by molar-refractivity contribution is -0.404. The number of unbranched alkanes of at least 4 members (excludes halogenated alkanes) is 5. The summed E-state index contributed by atoms with van der Waals surface area (Å²) in [6, 6.07) is 0. The van der Waals surface area contributed by atoms with E-state index in [1.54, 1.807) is 0 Å². The fourth-order valence-electron chi connectivity index (χ4n) is 3.84. The molecule has 0 amide bonds. The summed E-state index contributed by atoms with van der Waals surface area (Å²) in [6.07, 6.45) is 12.5. The standard InChI is InChI=1S/C21H42O4/c1-5-9-10-11-12-13-15-19(18-20-16-14-17-22-20)21(23-6-2,24-7-3)25-8-4/h19-20H,5-18H2,1-4H3. The average molecular weight is 359 g/mol. The van der Waals surface area contributed by atoms with Crippen LogP contribution in [0.15, 0.2) is 0 Å². The van der Waals surface area contributed by atoms with Gasteiger partial charge >= 0.3 is 0 Å². The van der Waals surface area contributed by atoms with Crippen molar-refractivity contribution < 1.29 is 18.9 Å². The smallest absolute Gasteiger partial charge is 0.285 e. The Morgan fingerprint density at radius 3 is 2.00 bits per heavy atom. The molecular weight excluding hydrogens is 316 g/mol. The minimum atomic E-state index is -0.909. The molecular formula is C21H42O4. The number of hydrogen-bond acceptors (Lipinski definition) is 4. The van der Waals surface area contributed by atoms with E-state index in [1.165, 1.54) is 44.9 Å². The highest BCUT2D eigenvalue weighted by Gasteiger charge is 2.43. The van der Waals surface area contributed by atoms with Crippen molar-refractivity contribution in [2.24, 2.45) is 5.92 Å².